The van der Waals surface area contributed by atoms with Crippen LogP contribution in [0.25, 0.3) is 0 Å². The monoisotopic (exact) mass is 635 g/mol. The van der Waals surface area contributed by atoms with E-state index in [4.69, 9.17) is 10.5 Å². The molecule has 0 saturated carbocycles. The largest absolute Gasteiger partial charge is 0.516 e. The van der Waals surface area contributed by atoms with Gasteiger partial charge in [0.2, 0.25) is 0 Å². The fourth-order valence-corrected chi connectivity index (χ4v) is 4.76. The lowest BCUT2D eigenvalue weighted by Crippen LogP contribution is -2.46. The maximum Gasteiger partial charge on any atom is 0.516 e. The minimum Gasteiger partial charge on any atom is -0.456 e. The second kappa shape index (κ2) is 14.8. The lowest BCUT2D eigenvalue weighted by molar-refractivity contribution is -0.0437. The van der Waals surface area contributed by atoms with Crippen LogP contribution in [-0.2, 0) is 34.1 Å². The van der Waals surface area contributed by atoms with E-state index >= 15 is 0 Å². The molecule has 230 valence electrons. The normalized spacial score (nSPS) is 13.1. The van der Waals surface area contributed by atoms with E-state index < -0.39 is 51.0 Å². The summed E-state index contributed by atoms with van der Waals surface area (Å²) in [5, 5.41) is 3.15. The molecule has 0 amide bonds. The SMILES string of the molecule is CCc1cccc(CNC[C@@H](OC(=O)c2cccc(N(C)S(=O)(=O)C(F)(F)F)c2)[C@@H](N)Cc2cc(F)cc(F)c2)c1.Cl. The van der Waals surface area contributed by atoms with Crippen molar-refractivity contribution in [2.45, 2.75) is 44.0 Å². The number of anilines is 1. The molecule has 3 N–H and O–H groups in total. The van der Waals surface area contributed by atoms with Crippen molar-refractivity contribution in [1.29, 1.82) is 0 Å². The zero-order valence-electron chi connectivity index (χ0n) is 22.7. The first-order valence-electron chi connectivity index (χ1n) is 12.6. The van der Waals surface area contributed by atoms with Gasteiger partial charge in [-0.15, -0.1) is 12.4 Å². The van der Waals surface area contributed by atoms with Gasteiger partial charge in [0, 0.05) is 32.2 Å². The number of rotatable bonds is 12. The van der Waals surface area contributed by atoms with Crippen LogP contribution >= 0.6 is 12.4 Å². The highest BCUT2D eigenvalue weighted by Crippen LogP contribution is 2.30. The Morgan fingerprint density at radius 2 is 1.60 bits per heavy atom. The predicted molar refractivity (Wildman–Crippen MR) is 152 cm³/mol. The highest BCUT2D eigenvalue weighted by molar-refractivity contribution is 7.93. The van der Waals surface area contributed by atoms with Gasteiger partial charge < -0.3 is 15.8 Å². The number of benzene rings is 3. The fraction of sp³-hybridized carbons (Fsp3) is 0.321. The van der Waals surface area contributed by atoms with Crippen molar-refractivity contribution in [3.63, 3.8) is 0 Å². The Hall–Kier alpha value is -3.26. The summed E-state index contributed by atoms with van der Waals surface area (Å²) in [6, 6.07) is 14.2. The first-order valence-corrected chi connectivity index (χ1v) is 14.0. The van der Waals surface area contributed by atoms with Gasteiger partial charge in [-0.3, -0.25) is 4.31 Å². The van der Waals surface area contributed by atoms with Crippen LogP contribution in [0.15, 0.2) is 66.7 Å². The summed E-state index contributed by atoms with van der Waals surface area (Å²) in [6.45, 7) is 2.43. The van der Waals surface area contributed by atoms with Crippen molar-refractivity contribution in [2.75, 3.05) is 17.9 Å². The summed E-state index contributed by atoms with van der Waals surface area (Å²) < 4.78 is 95.7. The minimum absolute atomic E-state index is 0. The van der Waals surface area contributed by atoms with Crippen LogP contribution in [0.5, 0.6) is 0 Å². The lowest BCUT2D eigenvalue weighted by Gasteiger charge is -2.25. The second-order valence-corrected chi connectivity index (χ2v) is 11.3. The maximum atomic E-state index is 13.7. The van der Waals surface area contributed by atoms with E-state index in [2.05, 4.69) is 5.32 Å². The number of nitrogens with one attached hydrogen (secondary N) is 1. The molecular weight excluding hydrogens is 605 g/mol. The average molecular weight is 636 g/mol. The number of carbonyl (C=O) groups is 1. The van der Waals surface area contributed by atoms with Crippen LogP contribution in [-0.4, -0.2) is 45.6 Å². The molecule has 0 aliphatic carbocycles. The molecule has 0 radical (unpaired) electrons. The van der Waals surface area contributed by atoms with Gasteiger partial charge in [0.05, 0.1) is 11.3 Å². The molecule has 42 heavy (non-hydrogen) atoms. The number of alkyl halides is 3. The highest BCUT2D eigenvalue weighted by atomic mass is 35.5. The molecule has 0 fully saturated rings. The van der Waals surface area contributed by atoms with E-state index in [1.165, 1.54) is 12.1 Å². The molecule has 3 rings (SSSR count). The van der Waals surface area contributed by atoms with Crippen molar-refractivity contribution >= 4 is 34.1 Å². The smallest absolute Gasteiger partial charge is 0.456 e. The van der Waals surface area contributed by atoms with Crippen LogP contribution in [0.1, 0.15) is 34.0 Å². The molecule has 3 aromatic carbocycles. The van der Waals surface area contributed by atoms with E-state index in [1.54, 1.807) is 0 Å². The number of nitrogens with two attached hydrogens (primary N) is 1. The maximum absolute atomic E-state index is 13.7. The lowest BCUT2D eigenvalue weighted by atomic mass is 10.0. The van der Waals surface area contributed by atoms with E-state index in [1.807, 2.05) is 31.2 Å². The molecule has 0 aliphatic heterocycles. The van der Waals surface area contributed by atoms with Crippen LogP contribution < -0.4 is 15.4 Å². The van der Waals surface area contributed by atoms with Gasteiger partial charge >= 0.3 is 21.5 Å². The minimum atomic E-state index is -5.70. The molecule has 0 aliphatic rings. The Morgan fingerprint density at radius 3 is 2.21 bits per heavy atom. The number of ether oxygens (including phenoxy) is 1. The van der Waals surface area contributed by atoms with Crippen molar-refractivity contribution < 1.29 is 39.9 Å². The Kier molecular flexibility index (Phi) is 12.3. The summed E-state index contributed by atoms with van der Waals surface area (Å²) in [6.07, 6.45) is -0.267. The summed E-state index contributed by atoms with van der Waals surface area (Å²) >= 11 is 0. The number of nitrogens with zero attached hydrogens (tertiary/aromatic N) is 1. The van der Waals surface area contributed by atoms with Crippen molar-refractivity contribution in [2.24, 2.45) is 5.73 Å². The molecule has 3 aromatic rings. The van der Waals surface area contributed by atoms with Gasteiger partial charge in [0.15, 0.2) is 0 Å². The Bertz CT molecular complexity index is 1450. The van der Waals surface area contributed by atoms with Gasteiger partial charge in [0.25, 0.3) is 0 Å². The zero-order chi connectivity index (χ0) is 30.4. The predicted octanol–water partition coefficient (Wildman–Crippen LogP) is 5.12. The van der Waals surface area contributed by atoms with Crippen LogP contribution in [0, 0.1) is 11.6 Å². The van der Waals surface area contributed by atoms with Crippen molar-refractivity contribution in [1.82, 2.24) is 5.32 Å². The number of halogens is 6. The molecule has 0 aromatic heterocycles. The molecule has 0 saturated heterocycles. The van der Waals surface area contributed by atoms with Crippen LogP contribution in [0.3, 0.4) is 0 Å². The quantitative estimate of drug-likeness (QED) is 0.212. The zero-order valence-corrected chi connectivity index (χ0v) is 24.3. The molecule has 0 unspecified atom stereocenters. The van der Waals surface area contributed by atoms with E-state index in [0.29, 0.717) is 19.7 Å². The summed E-state index contributed by atoms with van der Waals surface area (Å²) in [5.74, 6) is -2.58. The van der Waals surface area contributed by atoms with E-state index in [-0.39, 0.29) is 40.8 Å². The number of esters is 1. The van der Waals surface area contributed by atoms with Crippen LogP contribution in [0.4, 0.5) is 27.6 Å². The topological polar surface area (TPSA) is 102 Å². The molecule has 0 bridgehead atoms. The highest BCUT2D eigenvalue weighted by Gasteiger charge is 2.49. The number of hydrogen-bond donors (Lipinski definition) is 2. The van der Waals surface area contributed by atoms with Crippen molar-refractivity contribution in [3.8, 4) is 0 Å². The van der Waals surface area contributed by atoms with Crippen molar-refractivity contribution in [3.05, 3.63) is 101 Å². The van der Waals surface area contributed by atoms with E-state index in [9.17, 15) is 35.2 Å². The molecule has 0 heterocycles. The number of aryl methyl sites for hydroxylation is 1. The molecule has 7 nitrogen and oxygen atoms in total. The van der Waals surface area contributed by atoms with Gasteiger partial charge in [0.1, 0.15) is 17.7 Å². The second-order valence-electron chi connectivity index (χ2n) is 9.36. The van der Waals surface area contributed by atoms with Gasteiger partial charge in [-0.1, -0.05) is 37.3 Å². The fourth-order valence-electron chi connectivity index (χ4n) is 4.06. The number of carbonyl (C=O) groups excluding carboxylic acids is 1. The molecule has 0 spiro atoms. The Balaban J connectivity index is 0.00000616. The summed E-state index contributed by atoms with van der Waals surface area (Å²) in [7, 11) is -4.99. The number of sulfonamides is 1. The molecule has 14 heteroatoms. The third kappa shape index (κ3) is 9.12. The van der Waals surface area contributed by atoms with E-state index in [0.717, 1.165) is 41.8 Å². The molecule has 2 atom stereocenters. The summed E-state index contributed by atoms with van der Waals surface area (Å²) in [4.78, 5) is 13.0. The first kappa shape index (κ1) is 34.9. The van der Waals surface area contributed by atoms with Crippen LogP contribution in [0.2, 0.25) is 0 Å². The van der Waals surface area contributed by atoms with Gasteiger partial charge in [-0.05, 0) is 59.9 Å². The third-order valence-electron chi connectivity index (χ3n) is 6.30. The van der Waals surface area contributed by atoms with Gasteiger partial charge in [-0.25, -0.2) is 13.6 Å². The first-order chi connectivity index (χ1) is 19.2. The standard InChI is InChI=1S/C28H30F5N3O4S.ClH/c1-3-18-6-4-7-19(10-18)16-35-17-26(25(34)13-20-11-22(29)15-23(30)12-20)40-27(37)21-8-5-9-24(14-21)36(2)41(38,39)28(31,32)33;/h4-12,14-15,25-26,35H,3,13,16-17,34H2,1-2H3;1H/t25-,26+;/m0./s1. The Morgan fingerprint density at radius 1 is 0.976 bits per heavy atom. The average Bonchev–Trinajstić information content (AvgIpc) is 2.90. The Labute approximate surface area is 247 Å². The molecular formula is C28H31ClF5N3O4S. The summed E-state index contributed by atoms with van der Waals surface area (Å²) in [5.41, 5.74) is 2.43. The third-order valence-corrected chi connectivity index (χ3v) is 7.82. The number of hydrogen-bond acceptors (Lipinski definition) is 6. The van der Waals surface area contributed by atoms with Gasteiger partial charge in [-0.2, -0.15) is 21.6 Å².